The largest absolute Gasteiger partial charge is 0.481 e. The molecular weight excluding hydrogens is 212 g/mol. The molecule has 2 saturated carbocycles. The third-order valence-corrected chi connectivity index (χ3v) is 5.77. The lowest BCUT2D eigenvalue weighted by molar-refractivity contribution is -0.143. The van der Waals surface area contributed by atoms with Gasteiger partial charge in [-0.25, -0.2) is 0 Å². The minimum Gasteiger partial charge on any atom is -0.481 e. The van der Waals surface area contributed by atoms with E-state index in [1.807, 2.05) is 0 Å². The Hall–Kier alpha value is -0.530. The van der Waals surface area contributed by atoms with Crippen LogP contribution in [0.2, 0.25) is 0 Å². The molecule has 2 fully saturated rings. The van der Waals surface area contributed by atoms with Crippen molar-refractivity contribution in [3.63, 3.8) is 0 Å². The van der Waals surface area contributed by atoms with Crippen LogP contribution in [-0.4, -0.2) is 11.1 Å². The van der Waals surface area contributed by atoms with Gasteiger partial charge in [-0.05, 0) is 41.9 Å². The molecule has 2 unspecified atom stereocenters. The van der Waals surface area contributed by atoms with E-state index in [9.17, 15) is 4.79 Å². The molecule has 0 amide bonds. The molecule has 0 aliphatic heterocycles. The van der Waals surface area contributed by atoms with Crippen molar-refractivity contribution in [2.75, 3.05) is 0 Å². The van der Waals surface area contributed by atoms with Crippen LogP contribution in [-0.2, 0) is 4.79 Å². The van der Waals surface area contributed by atoms with Crippen LogP contribution in [0.1, 0.15) is 59.3 Å². The van der Waals surface area contributed by atoms with E-state index in [4.69, 9.17) is 5.11 Å². The highest BCUT2D eigenvalue weighted by Crippen LogP contribution is 2.57. The van der Waals surface area contributed by atoms with E-state index >= 15 is 0 Å². The lowest BCUT2D eigenvalue weighted by Gasteiger charge is -2.55. The zero-order chi connectivity index (χ0) is 12.6. The summed E-state index contributed by atoms with van der Waals surface area (Å²) in [5.41, 5.74) is 0.285. The Balaban J connectivity index is 2.24. The Morgan fingerprint density at radius 3 is 2.59 bits per heavy atom. The van der Waals surface area contributed by atoms with Crippen LogP contribution >= 0.6 is 0 Å². The van der Waals surface area contributed by atoms with Gasteiger partial charge in [-0.15, -0.1) is 0 Å². The third kappa shape index (κ3) is 2.23. The number of aliphatic carboxylic acids is 1. The number of rotatable bonds is 2. The van der Waals surface area contributed by atoms with Crippen LogP contribution in [0.15, 0.2) is 0 Å². The van der Waals surface area contributed by atoms with Crippen LogP contribution in [0.25, 0.3) is 0 Å². The van der Waals surface area contributed by atoms with E-state index in [1.165, 1.54) is 32.1 Å². The van der Waals surface area contributed by atoms with Crippen molar-refractivity contribution >= 4 is 5.97 Å². The summed E-state index contributed by atoms with van der Waals surface area (Å²) < 4.78 is 0. The Bertz CT molecular complexity index is 299. The minimum atomic E-state index is -0.609. The zero-order valence-corrected chi connectivity index (χ0v) is 11.4. The molecule has 0 radical (unpaired) electrons. The topological polar surface area (TPSA) is 37.3 Å². The second kappa shape index (κ2) is 4.62. The van der Waals surface area contributed by atoms with Crippen LogP contribution in [0, 0.1) is 29.1 Å². The molecular formula is C15H26O2. The first kappa shape index (κ1) is 12.9. The molecule has 17 heavy (non-hydrogen) atoms. The van der Waals surface area contributed by atoms with Gasteiger partial charge in [0.05, 0.1) is 0 Å². The van der Waals surface area contributed by atoms with Gasteiger partial charge in [0.25, 0.3) is 0 Å². The highest BCUT2D eigenvalue weighted by Gasteiger charge is 2.50. The summed E-state index contributed by atoms with van der Waals surface area (Å²) in [4.78, 5) is 11.1. The Morgan fingerprint density at radius 1 is 1.24 bits per heavy atom. The van der Waals surface area contributed by atoms with Crippen molar-refractivity contribution in [2.45, 2.75) is 59.3 Å². The van der Waals surface area contributed by atoms with Crippen molar-refractivity contribution in [1.29, 1.82) is 0 Å². The van der Waals surface area contributed by atoms with Gasteiger partial charge in [0.15, 0.2) is 0 Å². The van der Waals surface area contributed by atoms with E-state index in [1.54, 1.807) is 0 Å². The van der Waals surface area contributed by atoms with Gasteiger partial charge in [-0.2, -0.15) is 0 Å². The van der Waals surface area contributed by atoms with Crippen LogP contribution in [0.4, 0.5) is 0 Å². The van der Waals surface area contributed by atoms with Gasteiger partial charge < -0.3 is 5.11 Å². The van der Waals surface area contributed by atoms with Crippen LogP contribution < -0.4 is 0 Å². The molecule has 0 aromatic heterocycles. The fourth-order valence-electron chi connectivity index (χ4n) is 4.83. The zero-order valence-electron chi connectivity index (χ0n) is 11.4. The van der Waals surface area contributed by atoms with E-state index < -0.39 is 5.97 Å². The molecule has 0 saturated heterocycles. The van der Waals surface area contributed by atoms with Crippen molar-refractivity contribution in [1.82, 2.24) is 0 Å². The SMILES string of the molecule is C[C@H]1CCCC2(C)C1CC[C@H](C)[C@@H]2CC(=O)O. The molecule has 5 atom stereocenters. The van der Waals surface area contributed by atoms with Crippen molar-refractivity contribution in [3.8, 4) is 0 Å². The molecule has 2 heteroatoms. The number of carbonyl (C=O) groups is 1. The first-order chi connectivity index (χ1) is 7.95. The molecule has 2 nitrogen and oxygen atoms in total. The number of hydrogen-bond acceptors (Lipinski definition) is 1. The van der Waals surface area contributed by atoms with E-state index in [0.29, 0.717) is 18.3 Å². The fourth-order valence-corrected chi connectivity index (χ4v) is 4.83. The smallest absolute Gasteiger partial charge is 0.303 e. The van der Waals surface area contributed by atoms with Gasteiger partial charge in [0.2, 0.25) is 0 Å². The first-order valence-corrected chi connectivity index (χ1v) is 7.17. The van der Waals surface area contributed by atoms with E-state index in [-0.39, 0.29) is 5.41 Å². The predicted molar refractivity (Wildman–Crippen MR) is 68.8 cm³/mol. The monoisotopic (exact) mass is 238 g/mol. The fraction of sp³-hybridized carbons (Fsp3) is 0.933. The van der Waals surface area contributed by atoms with Crippen molar-refractivity contribution < 1.29 is 9.90 Å². The summed E-state index contributed by atoms with van der Waals surface area (Å²) in [7, 11) is 0. The van der Waals surface area contributed by atoms with Gasteiger partial charge in [-0.1, -0.05) is 40.0 Å². The maximum atomic E-state index is 11.1. The van der Waals surface area contributed by atoms with Crippen LogP contribution in [0.5, 0.6) is 0 Å². The van der Waals surface area contributed by atoms with Crippen molar-refractivity contribution in [3.05, 3.63) is 0 Å². The molecule has 1 N–H and O–H groups in total. The molecule has 0 spiro atoms. The Labute approximate surface area is 105 Å². The average Bonchev–Trinajstić information content (AvgIpc) is 2.23. The number of hydrogen-bond donors (Lipinski definition) is 1. The van der Waals surface area contributed by atoms with Crippen LogP contribution in [0.3, 0.4) is 0 Å². The lowest BCUT2D eigenvalue weighted by atomic mass is 9.50. The van der Waals surface area contributed by atoms with E-state index in [2.05, 4.69) is 20.8 Å². The third-order valence-electron chi connectivity index (χ3n) is 5.77. The van der Waals surface area contributed by atoms with Gasteiger partial charge in [-0.3, -0.25) is 4.79 Å². The quantitative estimate of drug-likeness (QED) is 0.791. The minimum absolute atomic E-state index is 0.285. The summed E-state index contributed by atoms with van der Waals surface area (Å²) in [5.74, 6) is 1.91. The first-order valence-electron chi connectivity index (χ1n) is 7.17. The number of fused-ring (bicyclic) bond motifs is 1. The normalized spacial score (nSPS) is 46.3. The highest BCUT2D eigenvalue weighted by molar-refractivity contribution is 5.67. The number of carboxylic acid groups (broad SMARTS) is 1. The molecule has 0 bridgehead atoms. The lowest BCUT2D eigenvalue weighted by Crippen LogP contribution is -2.48. The van der Waals surface area contributed by atoms with Gasteiger partial charge in [0, 0.05) is 6.42 Å². The highest BCUT2D eigenvalue weighted by atomic mass is 16.4. The van der Waals surface area contributed by atoms with Gasteiger partial charge in [0.1, 0.15) is 0 Å². The summed E-state index contributed by atoms with van der Waals surface area (Å²) in [5, 5.41) is 9.15. The Morgan fingerprint density at radius 2 is 1.94 bits per heavy atom. The van der Waals surface area contributed by atoms with Gasteiger partial charge >= 0.3 is 5.97 Å². The molecule has 2 aliphatic carbocycles. The summed E-state index contributed by atoms with van der Waals surface area (Å²) in [6, 6.07) is 0. The predicted octanol–water partition coefficient (Wildman–Crippen LogP) is 3.95. The van der Waals surface area contributed by atoms with Crippen molar-refractivity contribution in [2.24, 2.45) is 29.1 Å². The molecule has 98 valence electrons. The number of carboxylic acids is 1. The average molecular weight is 238 g/mol. The molecule has 0 aromatic carbocycles. The molecule has 0 heterocycles. The second-order valence-electron chi connectivity index (χ2n) is 6.74. The standard InChI is InChI=1S/C15H26O2/c1-10-5-4-8-15(3)12(10)7-6-11(2)13(15)9-14(16)17/h10-13H,4-9H2,1-3H3,(H,16,17)/t10-,11-,12?,13-,15?/m0/s1. The molecule has 2 aliphatic rings. The summed E-state index contributed by atoms with van der Waals surface area (Å²) >= 11 is 0. The summed E-state index contributed by atoms with van der Waals surface area (Å²) in [6.45, 7) is 7.00. The summed E-state index contributed by atoms with van der Waals surface area (Å²) in [6.07, 6.45) is 6.79. The second-order valence-corrected chi connectivity index (χ2v) is 6.74. The molecule has 2 rings (SSSR count). The Kier molecular flexibility index (Phi) is 3.51. The maximum absolute atomic E-state index is 11.1. The van der Waals surface area contributed by atoms with E-state index in [0.717, 1.165) is 11.8 Å². The molecule has 0 aromatic rings. The maximum Gasteiger partial charge on any atom is 0.303 e.